The molecule has 2 aromatic heterocycles. The Hall–Kier alpha value is -1.40. The van der Waals surface area contributed by atoms with Gasteiger partial charge in [0.2, 0.25) is 0 Å². The van der Waals surface area contributed by atoms with Crippen LogP contribution in [-0.4, -0.2) is 25.0 Å². The number of hydrogen-bond acceptors (Lipinski definition) is 5. The summed E-state index contributed by atoms with van der Waals surface area (Å²) in [5.41, 5.74) is 0. The van der Waals surface area contributed by atoms with Crippen molar-refractivity contribution in [2.75, 3.05) is 7.11 Å². The minimum atomic E-state index is -0.613. The van der Waals surface area contributed by atoms with E-state index in [1.54, 1.807) is 11.3 Å². The Bertz CT molecular complexity index is 571. The molecule has 0 aliphatic heterocycles. The fourth-order valence-electron chi connectivity index (χ4n) is 1.71. The Labute approximate surface area is 119 Å². The van der Waals surface area contributed by atoms with Crippen molar-refractivity contribution in [3.05, 3.63) is 22.4 Å². The van der Waals surface area contributed by atoms with E-state index in [0.29, 0.717) is 4.88 Å². The van der Waals surface area contributed by atoms with Crippen LogP contribution in [0.1, 0.15) is 23.5 Å². The first-order valence-corrected chi connectivity index (χ1v) is 7.58. The van der Waals surface area contributed by atoms with Crippen molar-refractivity contribution in [2.45, 2.75) is 19.9 Å². The van der Waals surface area contributed by atoms with Gasteiger partial charge in [-0.1, -0.05) is 13.8 Å². The summed E-state index contributed by atoms with van der Waals surface area (Å²) >= 11 is 3.03. The molecule has 1 amide bonds. The average molecular weight is 297 g/mol. The van der Waals surface area contributed by atoms with E-state index in [1.807, 2.05) is 31.4 Å². The second-order valence-corrected chi connectivity index (χ2v) is 6.51. The highest BCUT2D eigenvalue weighted by Gasteiger charge is 2.26. The van der Waals surface area contributed by atoms with Gasteiger partial charge in [-0.25, -0.2) is 4.79 Å². The van der Waals surface area contributed by atoms with Gasteiger partial charge in [-0.05, 0) is 23.4 Å². The standard InChI is InChI=1S/C13H15NO3S2/c1-7(2)11(13(16)17-3)14-12(15)10-6-9-8(19-10)4-5-18-9/h4-7,11H,1-3H3,(H,14,15). The fourth-order valence-corrected chi connectivity index (χ4v) is 3.73. The lowest BCUT2D eigenvalue weighted by Crippen LogP contribution is -2.44. The van der Waals surface area contributed by atoms with Crippen LogP contribution in [0.15, 0.2) is 17.5 Å². The second-order valence-electron chi connectivity index (χ2n) is 4.48. The summed E-state index contributed by atoms with van der Waals surface area (Å²) in [7, 11) is 1.32. The van der Waals surface area contributed by atoms with Gasteiger partial charge < -0.3 is 10.1 Å². The van der Waals surface area contributed by atoms with Crippen molar-refractivity contribution in [1.82, 2.24) is 5.32 Å². The zero-order chi connectivity index (χ0) is 14.0. The van der Waals surface area contributed by atoms with Crippen molar-refractivity contribution < 1.29 is 14.3 Å². The second kappa shape index (κ2) is 5.71. The molecule has 1 unspecified atom stereocenters. The van der Waals surface area contributed by atoms with Crippen LogP contribution in [0.3, 0.4) is 0 Å². The highest BCUT2D eigenvalue weighted by atomic mass is 32.1. The number of amides is 1. The lowest BCUT2D eigenvalue weighted by Gasteiger charge is -2.19. The first-order chi connectivity index (χ1) is 9.02. The van der Waals surface area contributed by atoms with Gasteiger partial charge in [0.05, 0.1) is 12.0 Å². The van der Waals surface area contributed by atoms with E-state index in [4.69, 9.17) is 4.74 Å². The highest BCUT2D eigenvalue weighted by Crippen LogP contribution is 2.29. The van der Waals surface area contributed by atoms with E-state index >= 15 is 0 Å². The van der Waals surface area contributed by atoms with Crippen molar-refractivity contribution in [1.29, 1.82) is 0 Å². The number of rotatable bonds is 4. The molecule has 0 aromatic carbocycles. The number of carbonyl (C=O) groups excluding carboxylic acids is 2. The van der Waals surface area contributed by atoms with Gasteiger partial charge >= 0.3 is 5.97 Å². The summed E-state index contributed by atoms with van der Waals surface area (Å²) in [6, 6.07) is 3.23. The van der Waals surface area contributed by atoms with E-state index < -0.39 is 12.0 Å². The van der Waals surface area contributed by atoms with Gasteiger partial charge in [0.15, 0.2) is 0 Å². The minimum absolute atomic E-state index is 0.0162. The fraction of sp³-hybridized carbons (Fsp3) is 0.385. The van der Waals surface area contributed by atoms with Crippen LogP contribution >= 0.6 is 22.7 Å². The van der Waals surface area contributed by atoms with Crippen LogP contribution in [0.4, 0.5) is 0 Å². The molecule has 0 fully saturated rings. The van der Waals surface area contributed by atoms with Crippen molar-refractivity contribution in [3.8, 4) is 0 Å². The first kappa shape index (κ1) is 14.0. The van der Waals surface area contributed by atoms with Crippen LogP contribution in [0.2, 0.25) is 0 Å². The third-order valence-electron chi connectivity index (χ3n) is 2.77. The molecule has 0 bridgehead atoms. The molecule has 6 heteroatoms. The number of carbonyl (C=O) groups is 2. The summed E-state index contributed by atoms with van der Waals surface area (Å²) in [6.45, 7) is 3.74. The van der Waals surface area contributed by atoms with Crippen LogP contribution in [-0.2, 0) is 9.53 Å². The predicted octanol–water partition coefficient (Wildman–Crippen LogP) is 2.89. The molecule has 0 aliphatic carbocycles. The molecule has 2 aromatic rings. The number of fused-ring (bicyclic) bond motifs is 1. The Morgan fingerprint density at radius 3 is 2.63 bits per heavy atom. The molecule has 19 heavy (non-hydrogen) atoms. The molecular weight excluding hydrogens is 282 g/mol. The summed E-state index contributed by atoms with van der Waals surface area (Å²) in [6.07, 6.45) is 0. The summed E-state index contributed by atoms with van der Waals surface area (Å²) in [5.74, 6) is -0.656. The number of esters is 1. The molecule has 102 valence electrons. The number of ether oxygens (including phenoxy) is 1. The van der Waals surface area contributed by atoms with Gasteiger partial charge in [-0.2, -0.15) is 0 Å². The smallest absolute Gasteiger partial charge is 0.328 e. The molecule has 0 radical (unpaired) electrons. The van der Waals surface area contributed by atoms with Crippen molar-refractivity contribution in [2.24, 2.45) is 5.92 Å². The molecule has 1 N–H and O–H groups in total. The van der Waals surface area contributed by atoms with Gasteiger partial charge in [0, 0.05) is 9.40 Å². The van der Waals surface area contributed by atoms with Crippen molar-refractivity contribution >= 4 is 43.9 Å². The third-order valence-corrected chi connectivity index (χ3v) is 4.86. The van der Waals surface area contributed by atoms with E-state index in [2.05, 4.69) is 5.32 Å². The average Bonchev–Trinajstić information content (AvgIpc) is 2.94. The zero-order valence-electron chi connectivity index (χ0n) is 10.9. The van der Waals surface area contributed by atoms with E-state index in [0.717, 1.165) is 9.40 Å². The van der Waals surface area contributed by atoms with Crippen LogP contribution in [0.5, 0.6) is 0 Å². The maximum atomic E-state index is 12.1. The third kappa shape index (κ3) is 2.96. The van der Waals surface area contributed by atoms with Crippen molar-refractivity contribution in [3.63, 3.8) is 0 Å². The van der Waals surface area contributed by atoms with E-state index in [9.17, 15) is 9.59 Å². The van der Waals surface area contributed by atoms with Crippen LogP contribution in [0, 0.1) is 5.92 Å². The zero-order valence-corrected chi connectivity index (χ0v) is 12.6. The van der Waals surface area contributed by atoms with E-state index in [1.165, 1.54) is 18.4 Å². The summed E-state index contributed by atoms with van der Waals surface area (Å²) in [4.78, 5) is 24.4. The lowest BCUT2D eigenvalue weighted by atomic mass is 10.0. The maximum Gasteiger partial charge on any atom is 0.328 e. The predicted molar refractivity (Wildman–Crippen MR) is 77.8 cm³/mol. The maximum absolute atomic E-state index is 12.1. The Kier molecular flexibility index (Phi) is 4.21. The summed E-state index contributed by atoms with van der Waals surface area (Å²) < 4.78 is 6.89. The van der Waals surface area contributed by atoms with Gasteiger partial charge in [0.1, 0.15) is 6.04 Å². The lowest BCUT2D eigenvalue weighted by molar-refractivity contribution is -0.144. The van der Waals surface area contributed by atoms with Crippen LogP contribution in [0.25, 0.3) is 9.40 Å². The molecule has 0 spiro atoms. The van der Waals surface area contributed by atoms with Gasteiger partial charge in [0.25, 0.3) is 5.91 Å². The monoisotopic (exact) mass is 297 g/mol. The first-order valence-electron chi connectivity index (χ1n) is 5.88. The Balaban J connectivity index is 2.15. The molecule has 2 heterocycles. The molecule has 0 aliphatic rings. The highest BCUT2D eigenvalue weighted by molar-refractivity contribution is 7.27. The Morgan fingerprint density at radius 1 is 1.32 bits per heavy atom. The Morgan fingerprint density at radius 2 is 2.05 bits per heavy atom. The molecular formula is C13H15NO3S2. The number of hydrogen-bond donors (Lipinski definition) is 1. The quantitative estimate of drug-likeness (QED) is 0.883. The summed E-state index contributed by atoms with van der Waals surface area (Å²) in [5, 5.41) is 4.73. The van der Waals surface area contributed by atoms with Gasteiger partial charge in [-0.15, -0.1) is 22.7 Å². The largest absolute Gasteiger partial charge is 0.467 e. The number of thiophene rings is 2. The number of methoxy groups -OCH3 is 1. The molecule has 0 saturated carbocycles. The SMILES string of the molecule is COC(=O)C(NC(=O)c1cc2sccc2s1)C(C)C. The molecule has 2 rings (SSSR count). The minimum Gasteiger partial charge on any atom is -0.467 e. The van der Waals surface area contributed by atoms with Crippen LogP contribution < -0.4 is 5.32 Å². The molecule has 0 saturated heterocycles. The van der Waals surface area contributed by atoms with Gasteiger partial charge in [-0.3, -0.25) is 4.79 Å². The topological polar surface area (TPSA) is 55.4 Å². The normalized spacial score (nSPS) is 12.6. The molecule has 4 nitrogen and oxygen atoms in total. The molecule has 1 atom stereocenters. The number of nitrogens with one attached hydrogen (secondary N) is 1. The van der Waals surface area contributed by atoms with E-state index in [-0.39, 0.29) is 11.8 Å².